The molecule has 490 valence electrons. The highest BCUT2D eigenvalue weighted by atomic mass is 19.3. The molecular formula is C65H101BF2N2O17. The molecule has 2 aliphatic rings. The van der Waals surface area contributed by atoms with Crippen molar-refractivity contribution in [2.45, 2.75) is 136 Å². The fourth-order valence-electron chi connectivity index (χ4n) is 9.35. The van der Waals surface area contributed by atoms with Gasteiger partial charge in [0.05, 0.1) is 130 Å². The maximum absolute atomic E-state index is 15.8. The van der Waals surface area contributed by atoms with Crippen LogP contribution in [-0.2, 0) is 37.7 Å². The first-order chi connectivity index (χ1) is 42.7. The maximum atomic E-state index is 15.8. The van der Waals surface area contributed by atoms with Crippen molar-refractivity contribution in [1.82, 2.24) is 4.98 Å². The average Bonchev–Trinajstić information content (AvgIpc) is 2.03. The predicted molar refractivity (Wildman–Crippen MR) is 331 cm³/mol. The summed E-state index contributed by atoms with van der Waals surface area (Å²) in [5.74, 6) is 2.32. The van der Waals surface area contributed by atoms with Gasteiger partial charge in [0.1, 0.15) is 25.6 Å². The molecule has 0 atom stereocenters. The van der Waals surface area contributed by atoms with Crippen LogP contribution < -0.4 is 33.4 Å². The van der Waals surface area contributed by atoms with E-state index >= 15 is 8.63 Å². The number of unbranched alkanes of at least 4 members (excludes halogenated alkanes) is 15. The van der Waals surface area contributed by atoms with Crippen molar-refractivity contribution >= 4 is 18.6 Å². The number of halogens is 2. The number of aromatic amines is 1. The summed E-state index contributed by atoms with van der Waals surface area (Å²) < 4.78 is 114. The summed E-state index contributed by atoms with van der Waals surface area (Å²) >= 11 is 0. The molecule has 5 N–H and O–H groups in total. The van der Waals surface area contributed by atoms with Crippen LogP contribution >= 0.6 is 0 Å². The molecule has 5 rings (SSSR count). The minimum atomic E-state index is -4.83. The lowest BCUT2D eigenvalue weighted by Gasteiger charge is -2.33. The van der Waals surface area contributed by atoms with Crippen LogP contribution in [0.25, 0.3) is 17.0 Å². The van der Waals surface area contributed by atoms with Crippen LogP contribution in [-0.4, -0.2) is 172 Å². The van der Waals surface area contributed by atoms with Crippen LogP contribution in [0, 0.1) is 0 Å². The van der Waals surface area contributed by atoms with E-state index < -0.39 is 7.11 Å². The molecule has 22 heteroatoms. The molecule has 1 aromatic heterocycles. The molecule has 0 saturated carbocycles. The molecule has 0 unspecified atom stereocenters. The van der Waals surface area contributed by atoms with Crippen LogP contribution in [0.4, 0.5) is 8.63 Å². The summed E-state index contributed by atoms with van der Waals surface area (Å²) in [4.78, 5) is 6.61. The maximum Gasteiger partial charge on any atom is 0.726 e. The Kier molecular flexibility index (Phi) is 37.3. The Labute approximate surface area is 515 Å². The molecule has 3 aromatic rings. The number of ether oxygens (including phenoxy) is 12. The molecule has 2 aromatic carbocycles. The smallest absolute Gasteiger partial charge is 0.626 e. The minimum Gasteiger partial charge on any atom is -0.626 e. The van der Waals surface area contributed by atoms with Gasteiger partial charge in [-0.05, 0) is 55.7 Å². The van der Waals surface area contributed by atoms with Crippen molar-refractivity contribution in [2.24, 2.45) is 0 Å². The Bertz CT molecular complexity index is 2380. The second-order valence-corrected chi connectivity index (χ2v) is 21.1. The zero-order chi connectivity index (χ0) is 61.8. The van der Waals surface area contributed by atoms with Gasteiger partial charge >= 0.3 is 7.11 Å². The van der Waals surface area contributed by atoms with Gasteiger partial charge in [-0.15, -0.1) is 0 Å². The lowest BCUT2D eigenvalue weighted by molar-refractivity contribution is -0.388. The third kappa shape index (κ3) is 28.7. The number of benzene rings is 2. The molecule has 2 aliphatic heterocycles. The molecule has 0 aliphatic carbocycles. The Hall–Kier alpha value is -5.43. The van der Waals surface area contributed by atoms with E-state index in [9.17, 15) is 0 Å². The quantitative estimate of drug-likeness (QED) is 0.0262. The van der Waals surface area contributed by atoms with Gasteiger partial charge < -0.3 is 95.1 Å². The van der Waals surface area contributed by atoms with Crippen molar-refractivity contribution in [3.8, 4) is 45.8 Å². The number of hydrogen-bond donors (Lipinski definition) is 5. The van der Waals surface area contributed by atoms with E-state index in [4.69, 9.17) is 81.5 Å². The number of rotatable bonds is 54. The number of H-pyrrole nitrogens is 1. The molecule has 0 fully saturated rings. The summed E-state index contributed by atoms with van der Waals surface area (Å²) in [6, 6.07) is 10.9. The lowest BCUT2D eigenvalue weighted by Crippen LogP contribution is -2.68. The van der Waals surface area contributed by atoms with Crippen LogP contribution in [0.2, 0.25) is 0 Å². The van der Waals surface area contributed by atoms with Gasteiger partial charge in [-0.25, -0.2) is 4.99 Å². The van der Waals surface area contributed by atoms with Gasteiger partial charge in [0.15, 0.2) is 28.8 Å². The average molecular weight is 1230 g/mol. The van der Waals surface area contributed by atoms with E-state index in [-0.39, 0.29) is 122 Å². The van der Waals surface area contributed by atoms with Crippen LogP contribution in [0.3, 0.4) is 0 Å². The van der Waals surface area contributed by atoms with E-state index in [0.29, 0.717) is 91.1 Å². The van der Waals surface area contributed by atoms with Gasteiger partial charge in [0, 0.05) is 29.5 Å². The first kappa shape index (κ1) is 72.3. The number of aliphatic hydroxyl groups is 3. The number of nitrogens with one attached hydrogen (secondary N) is 2. The molecule has 0 amide bonds. The Balaban J connectivity index is 1.45. The van der Waals surface area contributed by atoms with Crippen LogP contribution in [0.15, 0.2) is 66.1 Å². The van der Waals surface area contributed by atoms with Crippen molar-refractivity contribution in [3.05, 3.63) is 77.3 Å². The number of aromatic nitrogens is 1. The van der Waals surface area contributed by atoms with Crippen molar-refractivity contribution in [1.29, 1.82) is 0 Å². The first-order valence-electron chi connectivity index (χ1n) is 32.0. The van der Waals surface area contributed by atoms with Crippen LogP contribution in [0.1, 0.15) is 148 Å². The summed E-state index contributed by atoms with van der Waals surface area (Å²) in [6.45, 7) is 11.1. The summed E-state index contributed by atoms with van der Waals surface area (Å²) in [7, 11) is -4.83. The summed E-state index contributed by atoms with van der Waals surface area (Å²) in [5.41, 5.74) is 2.97. The number of aliphatic hydroxyl groups excluding tert-OH is 3. The highest BCUT2D eigenvalue weighted by Gasteiger charge is 2.40. The predicted octanol–water partition coefficient (Wildman–Crippen LogP) is 10.2. The van der Waals surface area contributed by atoms with E-state index in [2.05, 4.69) is 30.7 Å². The largest absolute Gasteiger partial charge is 0.726 e. The zero-order valence-corrected chi connectivity index (χ0v) is 52.2. The molecule has 0 bridgehead atoms. The van der Waals surface area contributed by atoms with E-state index in [1.165, 1.54) is 63.9 Å². The van der Waals surface area contributed by atoms with Gasteiger partial charge in [0.2, 0.25) is 22.9 Å². The van der Waals surface area contributed by atoms with Crippen molar-refractivity contribution < 1.29 is 95.1 Å². The minimum absolute atomic E-state index is 0.0911. The number of allylic oxidation sites excluding steroid dienone is 3. The molecule has 0 saturated heterocycles. The topological polar surface area (TPSA) is 220 Å². The van der Waals surface area contributed by atoms with Gasteiger partial charge in [-0.1, -0.05) is 117 Å². The second-order valence-electron chi connectivity index (χ2n) is 21.1. The highest BCUT2D eigenvalue weighted by molar-refractivity contribution is 6.53. The van der Waals surface area contributed by atoms with E-state index in [1.807, 2.05) is 18.2 Å². The van der Waals surface area contributed by atoms with Crippen molar-refractivity contribution in [3.63, 3.8) is 0 Å². The fraction of sp³-hybridized carbons (Fsp3) is 0.646. The normalized spacial score (nSPS) is 14.4. The zero-order valence-electron chi connectivity index (χ0n) is 52.2. The number of hydrogen-bond acceptors (Lipinski definition) is 17. The Morgan fingerprint density at radius 3 is 1.24 bits per heavy atom. The summed E-state index contributed by atoms with van der Waals surface area (Å²) in [5, 5.41) is 27.1. The molecule has 87 heavy (non-hydrogen) atoms. The molecule has 0 radical (unpaired) electrons. The molecule has 0 spiro atoms. The monoisotopic (exact) mass is 1230 g/mol. The van der Waals surface area contributed by atoms with Gasteiger partial charge in [-0.3, -0.25) is 0 Å². The molecule has 3 heterocycles. The summed E-state index contributed by atoms with van der Waals surface area (Å²) in [6.07, 6.45) is 25.0. The van der Waals surface area contributed by atoms with Gasteiger partial charge in [-0.2, -0.15) is 0 Å². The van der Waals surface area contributed by atoms with Crippen LogP contribution in [0.5, 0.6) is 34.5 Å². The highest BCUT2D eigenvalue weighted by Crippen LogP contribution is 2.44. The SMILES string of the molecule is CCCCCCCCOc1cc(-c2ccc(C3=C/C(=C4/C=CC(c5cc(OCCOCCOCCO)c(OCCOCCOCCO)c(OCCOCCOCCO)c5)=[NH+]4)O[B-](F)(F)O3)[nH]2)cc(OCCCCCCCC)c1OCCCCCCCC. The van der Waals surface area contributed by atoms with Crippen molar-refractivity contribution in [2.75, 3.05) is 139 Å². The fourth-order valence-corrected chi connectivity index (χ4v) is 9.35. The van der Waals surface area contributed by atoms with Gasteiger partial charge in [0.25, 0.3) is 0 Å². The first-order valence-corrected chi connectivity index (χ1v) is 32.0. The van der Waals surface area contributed by atoms with E-state index in [1.54, 1.807) is 30.4 Å². The van der Waals surface area contributed by atoms with E-state index in [0.717, 1.165) is 63.4 Å². The lowest BCUT2D eigenvalue weighted by atomic mass is 10.1. The third-order valence-corrected chi connectivity index (χ3v) is 13.9. The Morgan fingerprint density at radius 1 is 0.414 bits per heavy atom. The standard InChI is InChI=1S/C65H100BF2N2O17/c1-4-7-10-13-16-19-29-80-60-47-52(48-61(81-30-20-17-14-11-8-5-2)64(60)84-31-21-18-15-12-9-6-3)54-22-24-56(69-54)58-51-59(87-66(67,68)86-58)57-25-23-55(70-57)53-49-62(82-44-41-77-38-35-74-32-26-71)65(85-46-43-79-40-37-76-34-28-73)63(50-53)83-45-42-78-39-36-75-33-27-72/h22-25,47-51,69,71-73H,4-21,26-46H2,1-3H3/q-1/p+1/b59-57+. The molecular weight excluding hydrogens is 1130 g/mol. The Morgan fingerprint density at radius 2 is 0.782 bits per heavy atom. The second kappa shape index (κ2) is 44.9. The molecule has 19 nitrogen and oxygen atoms in total. The third-order valence-electron chi connectivity index (χ3n) is 13.9.